The molecule has 0 aliphatic carbocycles. The van der Waals surface area contributed by atoms with Crippen molar-refractivity contribution in [2.45, 2.75) is 6.54 Å². The minimum Gasteiger partial charge on any atom is -0.292 e. The third kappa shape index (κ3) is 3.46. The van der Waals surface area contributed by atoms with Crippen molar-refractivity contribution in [1.29, 1.82) is 0 Å². The van der Waals surface area contributed by atoms with Crippen LogP contribution in [0.2, 0.25) is 0 Å². The molecule has 4 aromatic rings. The van der Waals surface area contributed by atoms with E-state index in [9.17, 15) is 9.59 Å². The van der Waals surface area contributed by atoms with Gasteiger partial charge in [0, 0.05) is 21.0 Å². The van der Waals surface area contributed by atoms with Crippen LogP contribution in [0.15, 0.2) is 88.1 Å². The van der Waals surface area contributed by atoms with Crippen LogP contribution in [0.5, 0.6) is 0 Å². The fourth-order valence-corrected chi connectivity index (χ4v) is 3.28. The van der Waals surface area contributed by atoms with Gasteiger partial charge in [0.1, 0.15) is 6.54 Å². The van der Waals surface area contributed by atoms with E-state index in [1.54, 1.807) is 30.3 Å². The SMILES string of the molecule is O=C(Cn1nc(-c2ccccc2)c2ccccc2c1=O)c1ccc(Br)cc1. The van der Waals surface area contributed by atoms with E-state index in [0.29, 0.717) is 16.6 Å². The zero-order valence-corrected chi connectivity index (χ0v) is 15.9. The highest BCUT2D eigenvalue weighted by Gasteiger charge is 2.15. The molecular formula is C22H15BrN2O2. The van der Waals surface area contributed by atoms with Crippen molar-refractivity contribution in [1.82, 2.24) is 9.78 Å². The maximum absolute atomic E-state index is 12.9. The summed E-state index contributed by atoms with van der Waals surface area (Å²) >= 11 is 3.36. The molecule has 0 amide bonds. The van der Waals surface area contributed by atoms with Crippen LogP contribution in [0.1, 0.15) is 10.4 Å². The lowest BCUT2D eigenvalue weighted by Crippen LogP contribution is -2.27. The summed E-state index contributed by atoms with van der Waals surface area (Å²) < 4.78 is 2.15. The molecule has 3 aromatic carbocycles. The largest absolute Gasteiger partial charge is 0.292 e. The molecule has 0 spiro atoms. The number of carbonyl (C=O) groups excluding carboxylic acids is 1. The summed E-state index contributed by atoms with van der Waals surface area (Å²) in [5.74, 6) is -0.161. The van der Waals surface area contributed by atoms with Gasteiger partial charge in [-0.1, -0.05) is 76.6 Å². The van der Waals surface area contributed by atoms with E-state index in [0.717, 1.165) is 15.4 Å². The van der Waals surface area contributed by atoms with Crippen LogP contribution < -0.4 is 5.56 Å². The van der Waals surface area contributed by atoms with E-state index < -0.39 is 0 Å². The lowest BCUT2D eigenvalue weighted by atomic mass is 10.1. The Kier molecular flexibility index (Phi) is 4.69. The van der Waals surface area contributed by atoms with Crippen LogP contribution in [0, 0.1) is 0 Å². The molecule has 0 aliphatic heterocycles. The molecule has 0 unspecified atom stereocenters. The van der Waals surface area contributed by atoms with Gasteiger partial charge in [-0.2, -0.15) is 5.10 Å². The Morgan fingerprint density at radius 1 is 0.852 bits per heavy atom. The summed E-state index contributed by atoms with van der Waals surface area (Å²) in [6, 6.07) is 24.1. The van der Waals surface area contributed by atoms with Gasteiger partial charge >= 0.3 is 0 Å². The standard InChI is InChI=1S/C22H15BrN2O2/c23-17-12-10-15(11-13-17)20(26)14-25-22(27)19-9-5-4-8-18(19)21(24-25)16-6-2-1-3-7-16/h1-13H,14H2. The average molecular weight is 419 g/mol. The van der Waals surface area contributed by atoms with Crippen molar-refractivity contribution in [3.63, 3.8) is 0 Å². The molecule has 4 nitrogen and oxygen atoms in total. The maximum Gasteiger partial charge on any atom is 0.275 e. The Bertz CT molecular complexity index is 1180. The van der Waals surface area contributed by atoms with Crippen LogP contribution in [-0.2, 0) is 6.54 Å². The van der Waals surface area contributed by atoms with E-state index >= 15 is 0 Å². The number of hydrogen-bond acceptors (Lipinski definition) is 3. The van der Waals surface area contributed by atoms with Crippen LogP contribution in [0.3, 0.4) is 0 Å². The molecular weight excluding hydrogens is 404 g/mol. The molecule has 1 heterocycles. The fraction of sp³-hybridized carbons (Fsp3) is 0.0455. The molecule has 0 fully saturated rings. The van der Waals surface area contributed by atoms with Gasteiger partial charge in [0.05, 0.1) is 11.1 Å². The Morgan fingerprint density at radius 3 is 2.19 bits per heavy atom. The molecule has 0 aliphatic rings. The van der Waals surface area contributed by atoms with Gasteiger partial charge in [-0.25, -0.2) is 4.68 Å². The Balaban J connectivity index is 1.84. The number of nitrogens with zero attached hydrogens (tertiary/aromatic N) is 2. The first kappa shape index (κ1) is 17.4. The average Bonchev–Trinajstić information content (AvgIpc) is 2.71. The number of carbonyl (C=O) groups is 1. The molecule has 0 radical (unpaired) electrons. The van der Waals surface area contributed by atoms with Crippen LogP contribution in [0.25, 0.3) is 22.0 Å². The second-order valence-corrected chi connectivity index (χ2v) is 7.07. The summed E-state index contributed by atoms with van der Waals surface area (Å²) in [5.41, 5.74) is 1.87. The van der Waals surface area contributed by atoms with E-state index in [2.05, 4.69) is 21.0 Å². The van der Waals surface area contributed by atoms with Crippen LogP contribution in [-0.4, -0.2) is 15.6 Å². The monoisotopic (exact) mass is 418 g/mol. The van der Waals surface area contributed by atoms with Gasteiger partial charge in [0.2, 0.25) is 0 Å². The molecule has 1 aromatic heterocycles. The highest BCUT2D eigenvalue weighted by Crippen LogP contribution is 2.24. The minimum absolute atomic E-state index is 0.106. The predicted molar refractivity (Wildman–Crippen MR) is 110 cm³/mol. The van der Waals surface area contributed by atoms with Crippen molar-refractivity contribution in [2.75, 3.05) is 0 Å². The Morgan fingerprint density at radius 2 is 1.48 bits per heavy atom. The van der Waals surface area contributed by atoms with E-state index in [1.807, 2.05) is 48.5 Å². The van der Waals surface area contributed by atoms with Gasteiger partial charge in [-0.05, 0) is 18.2 Å². The lowest BCUT2D eigenvalue weighted by molar-refractivity contribution is 0.0966. The number of rotatable bonds is 4. The predicted octanol–water partition coefficient (Wildman–Crippen LogP) is 4.71. The molecule has 27 heavy (non-hydrogen) atoms. The van der Waals surface area contributed by atoms with Crippen molar-refractivity contribution >= 4 is 32.5 Å². The van der Waals surface area contributed by atoms with Crippen molar-refractivity contribution in [3.8, 4) is 11.3 Å². The van der Waals surface area contributed by atoms with Crippen molar-refractivity contribution in [2.24, 2.45) is 0 Å². The first-order valence-electron chi connectivity index (χ1n) is 8.47. The number of benzene rings is 3. The second-order valence-electron chi connectivity index (χ2n) is 6.15. The second kappa shape index (κ2) is 7.29. The van der Waals surface area contributed by atoms with Crippen LogP contribution >= 0.6 is 15.9 Å². The topological polar surface area (TPSA) is 52.0 Å². The maximum atomic E-state index is 12.9. The first-order chi connectivity index (χ1) is 13.1. The molecule has 0 saturated carbocycles. The summed E-state index contributed by atoms with van der Waals surface area (Å²) in [6.07, 6.45) is 0. The summed E-state index contributed by atoms with van der Waals surface area (Å²) in [5, 5.41) is 5.86. The zero-order valence-electron chi connectivity index (χ0n) is 14.3. The number of Topliss-reactive ketones (excluding diaryl/α,β-unsaturated/α-hetero) is 1. The lowest BCUT2D eigenvalue weighted by Gasteiger charge is -2.11. The van der Waals surface area contributed by atoms with Crippen molar-refractivity contribution in [3.05, 3.63) is 99.3 Å². The van der Waals surface area contributed by atoms with Gasteiger partial charge in [0.15, 0.2) is 5.78 Å². The smallest absolute Gasteiger partial charge is 0.275 e. The van der Waals surface area contributed by atoms with E-state index in [4.69, 9.17) is 0 Å². The van der Waals surface area contributed by atoms with Gasteiger partial charge < -0.3 is 0 Å². The molecule has 132 valence electrons. The molecule has 0 N–H and O–H groups in total. The third-order valence-electron chi connectivity index (χ3n) is 4.37. The highest BCUT2D eigenvalue weighted by atomic mass is 79.9. The van der Waals surface area contributed by atoms with Gasteiger partial charge in [0.25, 0.3) is 5.56 Å². The summed E-state index contributed by atoms with van der Waals surface area (Å²) in [7, 11) is 0. The Labute approximate surface area is 164 Å². The number of hydrogen-bond donors (Lipinski definition) is 0. The zero-order chi connectivity index (χ0) is 18.8. The highest BCUT2D eigenvalue weighted by molar-refractivity contribution is 9.10. The molecule has 4 rings (SSSR count). The third-order valence-corrected chi connectivity index (χ3v) is 4.90. The minimum atomic E-state index is -0.268. The van der Waals surface area contributed by atoms with Crippen LogP contribution in [0.4, 0.5) is 0 Å². The molecule has 0 atom stereocenters. The Hall–Kier alpha value is -3.05. The van der Waals surface area contributed by atoms with E-state index in [1.165, 1.54) is 4.68 Å². The molecule has 0 bridgehead atoms. The van der Waals surface area contributed by atoms with E-state index in [-0.39, 0.29) is 17.9 Å². The number of fused-ring (bicyclic) bond motifs is 1. The van der Waals surface area contributed by atoms with Crippen molar-refractivity contribution < 1.29 is 4.79 Å². The quantitative estimate of drug-likeness (QED) is 0.451. The summed E-state index contributed by atoms with van der Waals surface area (Å²) in [4.78, 5) is 25.5. The first-order valence-corrected chi connectivity index (χ1v) is 9.27. The van der Waals surface area contributed by atoms with Gasteiger partial charge in [-0.3, -0.25) is 9.59 Å². The fourth-order valence-electron chi connectivity index (χ4n) is 3.01. The number of aromatic nitrogens is 2. The summed E-state index contributed by atoms with van der Waals surface area (Å²) in [6.45, 7) is -0.106. The number of halogens is 1. The van der Waals surface area contributed by atoms with Gasteiger partial charge in [-0.15, -0.1) is 0 Å². The molecule has 5 heteroatoms. The normalized spacial score (nSPS) is 10.9. The number of ketones is 1. The molecule has 0 saturated heterocycles.